The third-order valence-electron chi connectivity index (χ3n) is 6.71. The molecule has 0 spiro atoms. The summed E-state index contributed by atoms with van der Waals surface area (Å²) in [7, 11) is 0. The number of hydrogen-bond donors (Lipinski definition) is 0. The summed E-state index contributed by atoms with van der Waals surface area (Å²) < 4.78 is 23.7. The molecule has 2 nitrogen and oxygen atoms in total. The van der Waals surface area contributed by atoms with Crippen molar-refractivity contribution in [2.45, 2.75) is 32.9 Å². The normalized spacial score (nSPS) is 20.4. The topological polar surface area (TPSA) is 6.48 Å². The summed E-state index contributed by atoms with van der Waals surface area (Å²) in [5.74, 6) is 0. The third kappa shape index (κ3) is 1.93. The number of anilines is 1. The van der Waals surface area contributed by atoms with Gasteiger partial charge in [0.2, 0.25) is 0 Å². The molecule has 0 saturated carbocycles. The Kier molecular flexibility index (Phi) is 2.60. The Balaban J connectivity index is 1.62. The lowest BCUT2D eigenvalue weighted by Crippen LogP contribution is -2.34. The first-order chi connectivity index (χ1) is 14.9. The maximum absolute atomic E-state index is 7.92. The zero-order chi connectivity index (χ0) is 21.5. The van der Waals surface area contributed by atoms with Crippen LogP contribution in [0, 0.1) is 6.92 Å². The number of benzene rings is 3. The molecule has 138 valence electrons. The Morgan fingerprint density at radius 2 is 1.46 bits per heavy atom. The highest BCUT2D eigenvalue weighted by atomic mass is 15.4. The van der Waals surface area contributed by atoms with Crippen LogP contribution in [-0.4, -0.2) is 18.0 Å². The maximum atomic E-state index is 7.92. The van der Waals surface area contributed by atoms with E-state index in [1.807, 2.05) is 13.1 Å². The van der Waals surface area contributed by atoms with Gasteiger partial charge >= 0.3 is 0 Å². The van der Waals surface area contributed by atoms with Crippen LogP contribution in [-0.2, 0) is 12.8 Å². The molecule has 3 aromatic carbocycles. The number of hydrogen-bond acceptors (Lipinski definition) is 2. The first-order valence-corrected chi connectivity index (χ1v) is 9.96. The van der Waals surface area contributed by atoms with Gasteiger partial charge in [0.05, 0.1) is 0 Å². The van der Waals surface area contributed by atoms with Gasteiger partial charge in [-0.3, -0.25) is 0 Å². The highest BCUT2D eigenvalue weighted by Crippen LogP contribution is 2.54. The molecule has 6 rings (SSSR count). The Hall–Kier alpha value is -3.00. The summed E-state index contributed by atoms with van der Waals surface area (Å²) in [5, 5.41) is 0. The van der Waals surface area contributed by atoms with Crippen molar-refractivity contribution in [2.75, 3.05) is 11.9 Å². The predicted molar refractivity (Wildman–Crippen MR) is 117 cm³/mol. The van der Waals surface area contributed by atoms with Gasteiger partial charge in [-0.25, -0.2) is 0 Å². The van der Waals surface area contributed by atoms with Crippen molar-refractivity contribution in [2.24, 2.45) is 0 Å². The van der Waals surface area contributed by atoms with E-state index in [4.69, 9.17) is 4.11 Å². The Morgan fingerprint density at radius 1 is 0.857 bits per heavy atom. The van der Waals surface area contributed by atoms with Gasteiger partial charge < -0.3 is 9.80 Å². The van der Waals surface area contributed by atoms with Crippen molar-refractivity contribution in [3.8, 4) is 22.3 Å². The van der Waals surface area contributed by atoms with Crippen molar-refractivity contribution in [3.63, 3.8) is 0 Å². The molecule has 3 aliphatic rings. The molecule has 0 amide bonds. The van der Waals surface area contributed by atoms with E-state index in [-0.39, 0.29) is 6.17 Å². The van der Waals surface area contributed by atoms with Gasteiger partial charge in [-0.2, -0.15) is 0 Å². The van der Waals surface area contributed by atoms with Gasteiger partial charge in [-0.1, -0.05) is 48.5 Å². The molecule has 3 aromatic rings. The van der Waals surface area contributed by atoms with E-state index in [1.54, 1.807) is 6.20 Å². The second-order valence-corrected chi connectivity index (χ2v) is 8.09. The zero-order valence-corrected chi connectivity index (χ0v) is 16.2. The molecular weight excluding hydrogens is 340 g/mol. The number of rotatable bonds is 1. The summed E-state index contributed by atoms with van der Waals surface area (Å²) in [5.41, 5.74) is 13.2. The van der Waals surface area contributed by atoms with Crippen molar-refractivity contribution in [3.05, 3.63) is 88.7 Å². The van der Waals surface area contributed by atoms with Crippen molar-refractivity contribution in [1.29, 1.82) is 0 Å². The molecule has 0 N–H and O–H groups in total. The van der Waals surface area contributed by atoms with Crippen LogP contribution in [0.25, 0.3) is 22.3 Å². The highest BCUT2D eigenvalue weighted by Gasteiger charge is 2.35. The molecule has 0 unspecified atom stereocenters. The van der Waals surface area contributed by atoms with Crippen molar-refractivity contribution >= 4 is 5.69 Å². The monoisotopic (exact) mass is 367 g/mol. The molecule has 2 heteroatoms. The van der Waals surface area contributed by atoms with Gasteiger partial charge in [-0.05, 0) is 70.3 Å². The number of fused-ring (bicyclic) bond motifs is 7. The van der Waals surface area contributed by atoms with Crippen molar-refractivity contribution in [1.82, 2.24) is 4.90 Å². The summed E-state index contributed by atoms with van der Waals surface area (Å²) in [4.78, 5) is 3.64. The fraction of sp³-hybridized carbons (Fsp3) is 0.231. The first-order valence-electron chi connectivity index (χ1n) is 11.5. The SMILES string of the molecule is [2H]C([2H])([2H])N1C=CN(c2c(C)c3c(c4c2Cc2ccccc2-4)-c2ccccc2C3)[C@H]1C. The summed E-state index contributed by atoms with van der Waals surface area (Å²) >= 11 is 0. The van der Waals surface area contributed by atoms with E-state index < -0.39 is 6.98 Å². The summed E-state index contributed by atoms with van der Waals surface area (Å²) in [6, 6.07) is 17.4. The molecule has 1 aliphatic heterocycles. The smallest absolute Gasteiger partial charge is 0.102 e. The maximum Gasteiger partial charge on any atom is 0.102 e. The molecule has 0 saturated heterocycles. The lowest BCUT2D eigenvalue weighted by Gasteiger charge is -2.31. The molecule has 1 heterocycles. The first kappa shape index (κ1) is 13.2. The van der Waals surface area contributed by atoms with Gasteiger partial charge in [-0.15, -0.1) is 0 Å². The third-order valence-corrected chi connectivity index (χ3v) is 6.71. The van der Waals surface area contributed by atoms with Gasteiger partial charge in [0, 0.05) is 35.6 Å². The lowest BCUT2D eigenvalue weighted by molar-refractivity contribution is 0.382. The zero-order valence-electron chi connectivity index (χ0n) is 19.2. The standard InChI is InChI=1S/C26H24N2/c1-16-22-14-18-8-4-6-10-20(18)24(22)25-21-11-7-5-9-19(21)15-23(25)26(16)28-13-12-27(3)17(28)2/h4-13,17H,14-15H2,1-3H3/t17-/m0/s1/i3D3. The quantitative estimate of drug-likeness (QED) is 0.375. The second-order valence-electron chi connectivity index (χ2n) is 8.09. The van der Waals surface area contributed by atoms with Crippen LogP contribution < -0.4 is 4.90 Å². The molecule has 0 radical (unpaired) electrons. The second kappa shape index (κ2) is 5.51. The summed E-state index contributed by atoms with van der Waals surface area (Å²) in [6.07, 6.45) is 5.20. The van der Waals surface area contributed by atoms with Gasteiger partial charge in [0.25, 0.3) is 0 Å². The molecule has 0 fully saturated rings. The largest absolute Gasteiger partial charge is 0.359 e. The molecule has 28 heavy (non-hydrogen) atoms. The van der Waals surface area contributed by atoms with E-state index in [1.165, 1.54) is 60.7 Å². The Morgan fingerprint density at radius 3 is 2.11 bits per heavy atom. The van der Waals surface area contributed by atoms with E-state index in [0.29, 0.717) is 0 Å². The molecular formula is C26H24N2. The average Bonchev–Trinajstić information content (AvgIpc) is 3.41. The van der Waals surface area contributed by atoms with E-state index in [2.05, 4.69) is 60.4 Å². The molecule has 2 aliphatic carbocycles. The number of nitrogens with zero attached hydrogens (tertiary/aromatic N) is 2. The van der Waals surface area contributed by atoms with Crippen LogP contribution in [0.2, 0.25) is 0 Å². The van der Waals surface area contributed by atoms with Crippen LogP contribution in [0.5, 0.6) is 0 Å². The Labute approximate surface area is 170 Å². The fourth-order valence-corrected chi connectivity index (χ4v) is 5.32. The van der Waals surface area contributed by atoms with E-state index >= 15 is 0 Å². The Bertz CT molecular complexity index is 1270. The molecule has 0 bridgehead atoms. The average molecular weight is 368 g/mol. The van der Waals surface area contributed by atoms with Gasteiger partial charge in [0.15, 0.2) is 0 Å². The minimum absolute atomic E-state index is 0.263. The minimum atomic E-state index is -2.16. The van der Waals surface area contributed by atoms with Crippen molar-refractivity contribution < 1.29 is 4.11 Å². The highest BCUT2D eigenvalue weighted by molar-refractivity contribution is 5.99. The fourth-order valence-electron chi connectivity index (χ4n) is 5.32. The minimum Gasteiger partial charge on any atom is -0.359 e. The lowest BCUT2D eigenvalue weighted by atomic mass is 9.89. The van der Waals surface area contributed by atoms with E-state index in [9.17, 15) is 0 Å². The molecule has 1 atom stereocenters. The van der Waals surface area contributed by atoms with Crippen LogP contribution in [0.4, 0.5) is 5.69 Å². The molecule has 0 aromatic heterocycles. The van der Waals surface area contributed by atoms with E-state index in [0.717, 1.165) is 12.8 Å². The van der Waals surface area contributed by atoms with Crippen LogP contribution in [0.1, 0.15) is 38.9 Å². The van der Waals surface area contributed by atoms with Gasteiger partial charge in [0.1, 0.15) is 6.17 Å². The van der Waals surface area contributed by atoms with Crippen LogP contribution in [0.3, 0.4) is 0 Å². The summed E-state index contributed by atoms with van der Waals surface area (Å²) in [6.45, 7) is 2.03. The predicted octanol–water partition coefficient (Wildman–Crippen LogP) is 5.71. The van der Waals surface area contributed by atoms with Crippen LogP contribution >= 0.6 is 0 Å². The van der Waals surface area contributed by atoms with Crippen LogP contribution in [0.15, 0.2) is 60.9 Å².